The molecule has 1 aromatic heterocycles. The number of nitrogens with zero attached hydrogens (tertiary/aromatic N) is 2. The minimum atomic E-state index is 0.423. The van der Waals surface area contributed by atoms with Gasteiger partial charge in [0.1, 0.15) is 12.4 Å². The third-order valence-corrected chi connectivity index (χ3v) is 2.63. The Balaban J connectivity index is 1.84. The second kappa shape index (κ2) is 7.18. The summed E-state index contributed by atoms with van der Waals surface area (Å²) < 4.78 is 15.7. The van der Waals surface area contributed by atoms with Gasteiger partial charge in [-0.2, -0.15) is 9.97 Å². The van der Waals surface area contributed by atoms with Crippen LogP contribution in [0, 0.1) is 0 Å². The van der Waals surface area contributed by atoms with Crippen LogP contribution in [0.15, 0.2) is 30.3 Å². The van der Waals surface area contributed by atoms with Crippen LogP contribution in [0.1, 0.15) is 0 Å². The number of methoxy groups -OCH3 is 2. The summed E-state index contributed by atoms with van der Waals surface area (Å²) >= 11 is 0. The van der Waals surface area contributed by atoms with Gasteiger partial charge in [0.05, 0.1) is 26.8 Å². The Bertz CT molecular complexity index is 553. The topological polar surface area (TPSA) is 91.5 Å². The predicted octanol–water partition coefficient (Wildman–Crippen LogP) is 1.57. The fourth-order valence-corrected chi connectivity index (χ4v) is 1.59. The number of hydrogen-bond donors (Lipinski definition) is 2. The maximum absolute atomic E-state index is 5.60. The molecule has 3 N–H and O–H groups in total. The summed E-state index contributed by atoms with van der Waals surface area (Å²) in [4.78, 5) is 8.32. The van der Waals surface area contributed by atoms with E-state index in [1.807, 2.05) is 12.1 Å². The van der Waals surface area contributed by atoms with E-state index < -0.39 is 0 Å². The Morgan fingerprint density at radius 1 is 1.05 bits per heavy atom. The number of aromatic nitrogens is 2. The first-order valence-electron chi connectivity index (χ1n) is 6.40. The van der Waals surface area contributed by atoms with Gasteiger partial charge in [-0.05, 0) is 24.3 Å². The number of hydrogen-bond acceptors (Lipinski definition) is 7. The molecule has 7 nitrogen and oxygen atoms in total. The normalized spacial score (nSPS) is 10.0. The average molecular weight is 290 g/mol. The van der Waals surface area contributed by atoms with Crippen LogP contribution >= 0.6 is 0 Å². The summed E-state index contributed by atoms with van der Waals surface area (Å²) in [6.07, 6.45) is 0. The zero-order chi connectivity index (χ0) is 15.1. The number of nitrogens with two attached hydrogens (primary N) is 1. The maximum atomic E-state index is 5.60. The third-order valence-electron chi connectivity index (χ3n) is 2.63. The van der Waals surface area contributed by atoms with Crippen LogP contribution in [-0.2, 0) is 0 Å². The number of nitrogens with one attached hydrogen (secondary N) is 1. The highest BCUT2D eigenvalue weighted by atomic mass is 16.5. The molecule has 0 spiro atoms. The SMILES string of the molecule is COc1cc(OC)nc(NCCOc2ccc(N)cc2)n1. The molecule has 0 amide bonds. The van der Waals surface area contributed by atoms with E-state index in [-0.39, 0.29) is 0 Å². The first-order chi connectivity index (χ1) is 10.2. The van der Waals surface area contributed by atoms with Gasteiger partial charge >= 0.3 is 0 Å². The van der Waals surface area contributed by atoms with Gasteiger partial charge < -0.3 is 25.3 Å². The van der Waals surface area contributed by atoms with Gasteiger partial charge in [0.2, 0.25) is 17.7 Å². The fourth-order valence-electron chi connectivity index (χ4n) is 1.59. The van der Waals surface area contributed by atoms with Crippen molar-refractivity contribution in [3.8, 4) is 17.5 Å². The minimum Gasteiger partial charge on any atom is -0.492 e. The largest absolute Gasteiger partial charge is 0.492 e. The summed E-state index contributed by atoms with van der Waals surface area (Å²) in [5.41, 5.74) is 6.31. The van der Waals surface area contributed by atoms with Gasteiger partial charge in [0.25, 0.3) is 0 Å². The van der Waals surface area contributed by atoms with Crippen LogP contribution in [0.5, 0.6) is 17.5 Å². The van der Waals surface area contributed by atoms with Crippen molar-refractivity contribution in [2.75, 3.05) is 38.4 Å². The first-order valence-corrected chi connectivity index (χ1v) is 6.40. The molecular formula is C14H18N4O3. The lowest BCUT2D eigenvalue weighted by Crippen LogP contribution is -2.13. The van der Waals surface area contributed by atoms with Crippen molar-refractivity contribution < 1.29 is 14.2 Å². The molecule has 0 fully saturated rings. The lowest BCUT2D eigenvalue weighted by atomic mass is 10.3. The van der Waals surface area contributed by atoms with E-state index in [1.54, 1.807) is 18.2 Å². The zero-order valence-electron chi connectivity index (χ0n) is 12.0. The third kappa shape index (κ3) is 4.41. The standard InChI is InChI=1S/C14H18N4O3/c1-19-12-9-13(20-2)18-14(17-12)16-7-8-21-11-5-3-10(15)4-6-11/h3-6,9H,7-8,15H2,1-2H3,(H,16,17,18). The monoisotopic (exact) mass is 290 g/mol. The highest BCUT2D eigenvalue weighted by Gasteiger charge is 2.04. The van der Waals surface area contributed by atoms with Gasteiger partial charge in [-0.15, -0.1) is 0 Å². The Hall–Kier alpha value is -2.70. The van der Waals surface area contributed by atoms with Crippen LogP contribution in [0.3, 0.4) is 0 Å². The van der Waals surface area contributed by atoms with E-state index in [0.717, 1.165) is 5.75 Å². The fraction of sp³-hybridized carbons (Fsp3) is 0.286. The van der Waals surface area contributed by atoms with E-state index in [1.165, 1.54) is 14.2 Å². The molecule has 0 aliphatic rings. The van der Waals surface area contributed by atoms with Crippen LogP contribution in [0.2, 0.25) is 0 Å². The van der Waals surface area contributed by atoms with Crippen molar-refractivity contribution in [1.82, 2.24) is 9.97 Å². The summed E-state index contributed by atoms with van der Waals surface area (Å²) in [7, 11) is 3.07. The van der Waals surface area contributed by atoms with Crippen LogP contribution < -0.4 is 25.3 Å². The van der Waals surface area contributed by atoms with Gasteiger partial charge in [-0.1, -0.05) is 0 Å². The van der Waals surface area contributed by atoms with Crippen LogP contribution in [0.4, 0.5) is 11.6 Å². The van der Waals surface area contributed by atoms with Gasteiger partial charge in [-0.3, -0.25) is 0 Å². The van der Waals surface area contributed by atoms with Crippen molar-refractivity contribution in [3.63, 3.8) is 0 Å². The zero-order valence-corrected chi connectivity index (χ0v) is 12.0. The number of rotatable bonds is 7. The van der Waals surface area contributed by atoms with Gasteiger partial charge in [-0.25, -0.2) is 0 Å². The molecule has 1 aromatic carbocycles. The molecule has 7 heteroatoms. The van der Waals surface area contributed by atoms with Crippen LogP contribution in [0.25, 0.3) is 0 Å². The Labute approximate surface area is 123 Å². The lowest BCUT2D eigenvalue weighted by molar-refractivity contribution is 0.332. The number of benzene rings is 1. The number of nitrogen functional groups attached to an aromatic ring is 1. The maximum Gasteiger partial charge on any atom is 0.229 e. The molecule has 0 saturated heterocycles. The molecule has 0 aliphatic carbocycles. The Morgan fingerprint density at radius 3 is 2.24 bits per heavy atom. The molecule has 0 unspecified atom stereocenters. The summed E-state index contributed by atoms with van der Waals surface area (Å²) in [6.45, 7) is 1.01. The number of ether oxygens (including phenoxy) is 3. The number of anilines is 2. The van der Waals surface area contributed by atoms with Gasteiger partial charge in [0, 0.05) is 5.69 Å². The molecular weight excluding hydrogens is 272 g/mol. The highest BCUT2D eigenvalue weighted by molar-refractivity contribution is 5.41. The molecule has 2 aromatic rings. The summed E-state index contributed by atoms with van der Waals surface area (Å²) in [5, 5.41) is 3.04. The first kappa shape index (κ1) is 14.7. The second-order valence-corrected chi connectivity index (χ2v) is 4.12. The van der Waals surface area contributed by atoms with E-state index in [0.29, 0.717) is 36.5 Å². The Morgan fingerprint density at radius 2 is 1.67 bits per heavy atom. The average Bonchev–Trinajstić information content (AvgIpc) is 2.53. The van der Waals surface area contributed by atoms with Crippen LogP contribution in [-0.4, -0.2) is 37.3 Å². The molecule has 112 valence electrons. The molecule has 21 heavy (non-hydrogen) atoms. The van der Waals surface area contributed by atoms with E-state index >= 15 is 0 Å². The molecule has 0 aliphatic heterocycles. The molecule has 0 saturated carbocycles. The van der Waals surface area contributed by atoms with E-state index in [2.05, 4.69) is 15.3 Å². The smallest absolute Gasteiger partial charge is 0.229 e. The van der Waals surface area contributed by atoms with E-state index in [4.69, 9.17) is 19.9 Å². The predicted molar refractivity (Wildman–Crippen MR) is 80.0 cm³/mol. The van der Waals surface area contributed by atoms with Crippen molar-refractivity contribution in [3.05, 3.63) is 30.3 Å². The van der Waals surface area contributed by atoms with E-state index in [9.17, 15) is 0 Å². The second-order valence-electron chi connectivity index (χ2n) is 4.12. The molecule has 0 atom stereocenters. The molecule has 0 radical (unpaired) electrons. The quantitative estimate of drug-likeness (QED) is 0.590. The summed E-state index contributed by atoms with van der Waals surface area (Å²) in [5.74, 6) is 2.05. The lowest BCUT2D eigenvalue weighted by Gasteiger charge is -2.09. The van der Waals surface area contributed by atoms with Crippen molar-refractivity contribution in [2.24, 2.45) is 0 Å². The minimum absolute atomic E-state index is 0.423. The van der Waals surface area contributed by atoms with Crippen molar-refractivity contribution in [1.29, 1.82) is 0 Å². The van der Waals surface area contributed by atoms with Crippen molar-refractivity contribution in [2.45, 2.75) is 0 Å². The molecule has 2 rings (SSSR count). The molecule has 1 heterocycles. The summed E-state index contributed by atoms with van der Waals surface area (Å²) in [6, 6.07) is 8.83. The highest BCUT2D eigenvalue weighted by Crippen LogP contribution is 2.17. The van der Waals surface area contributed by atoms with Crippen molar-refractivity contribution >= 4 is 11.6 Å². The Kier molecular flexibility index (Phi) is 5.03. The van der Waals surface area contributed by atoms with Gasteiger partial charge in [0.15, 0.2) is 0 Å². The molecule has 0 bridgehead atoms.